The Balaban J connectivity index is 1.68. The second-order valence-electron chi connectivity index (χ2n) is 6.95. The average molecular weight is 462 g/mol. The second-order valence-corrected chi connectivity index (χ2v) is 8.01. The molecule has 0 unspecified atom stereocenters. The third kappa shape index (κ3) is 6.46. The van der Waals surface area contributed by atoms with Crippen LogP contribution in [0.2, 0.25) is 0 Å². The molecule has 1 atom stereocenters. The number of hydrogen-bond donors (Lipinski definition) is 1. The molecule has 168 valence electrons. The molecule has 0 saturated carbocycles. The minimum absolute atomic E-state index is 0.0328. The van der Waals surface area contributed by atoms with E-state index in [-0.39, 0.29) is 35.0 Å². The number of alkyl halides is 3. The maximum Gasteiger partial charge on any atom is 0.433 e. The van der Waals surface area contributed by atoms with Gasteiger partial charge in [-0.15, -0.1) is 0 Å². The van der Waals surface area contributed by atoms with Gasteiger partial charge < -0.3 is 10.1 Å². The normalized spacial score (nSPS) is 12.3. The Morgan fingerprint density at radius 1 is 1.09 bits per heavy atom. The average Bonchev–Trinajstić information content (AvgIpc) is 2.79. The Morgan fingerprint density at radius 2 is 1.78 bits per heavy atom. The molecule has 5 nitrogen and oxygen atoms in total. The molecule has 0 spiro atoms. The van der Waals surface area contributed by atoms with Gasteiger partial charge in [0.05, 0.1) is 18.8 Å². The van der Waals surface area contributed by atoms with E-state index in [9.17, 15) is 18.0 Å². The summed E-state index contributed by atoms with van der Waals surface area (Å²) in [6.07, 6.45) is -4.48. The number of hydrogen-bond acceptors (Lipinski definition) is 5. The van der Waals surface area contributed by atoms with Gasteiger partial charge in [-0.25, -0.2) is 9.97 Å². The van der Waals surface area contributed by atoms with Gasteiger partial charge in [-0.05, 0) is 42.8 Å². The summed E-state index contributed by atoms with van der Waals surface area (Å²) >= 11 is 1.01. The molecule has 3 aromatic rings. The molecule has 1 aromatic heterocycles. The quantitative estimate of drug-likeness (QED) is 0.353. The maximum atomic E-state index is 13.4. The van der Waals surface area contributed by atoms with E-state index >= 15 is 0 Å². The van der Waals surface area contributed by atoms with E-state index in [4.69, 9.17) is 4.74 Å². The largest absolute Gasteiger partial charge is 0.497 e. The topological polar surface area (TPSA) is 64.1 Å². The number of carbonyl (C=O) groups excluding carboxylic acids is 1. The van der Waals surface area contributed by atoms with Crippen LogP contribution in [0.3, 0.4) is 0 Å². The van der Waals surface area contributed by atoms with E-state index in [2.05, 4.69) is 15.3 Å². The first-order valence-corrected chi connectivity index (χ1v) is 10.8. The summed E-state index contributed by atoms with van der Waals surface area (Å²) in [4.78, 5) is 20.1. The van der Waals surface area contributed by atoms with Crippen LogP contribution >= 0.6 is 11.8 Å². The van der Waals surface area contributed by atoms with Crippen molar-refractivity contribution in [1.29, 1.82) is 0 Å². The van der Waals surface area contributed by atoms with E-state index in [1.807, 2.05) is 37.3 Å². The minimum Gasteiger partial charge on any atom is -0.497 e. The molecule has 0 bridgehead atoms. The number of rotatable bonds is 8. The molecule has 0 aliphatic heterocycles. The molecule has 3 rings (SSSR count). The number of amides is 1. The van der Waals surface area contributed by atoms with E-state index in [1.165, 1.54) is 7.11 Å². The number of benzene rings is 2. The van der Waals surface area contributed by atoms with Crippen LogP contribution in [0.4, 0.5) is 13.2 Å². The van der Waals surface area contributed by atoms with Crippen molar-refractivity contribution in [2.45, 2.75) is 30.7 Å². The minimum atomic E-state index is -4.61. The standard InChI is InChI=1S/C23H22F3N3O2S/c1-15(16-6-4-3-5-7-16)27-21(30)12-13-32-22-28-19(14-20(29-22)23(24,25)26)17-8-10-18(31-2)11-9-17/h3-11,14-15H,12-13H2,1-2H3,(H,27,30)/t15-/m1/s1. The first-order chi connectivity index (χ1) is 15.3. The van der Waals surface area contributed by atoms with Gasteiger partial charge in [-0.1, -0.05) is 42.1 Å². The zero-order valence-corrected chi connectivity index (χ0v) is 18.3. The highest BCUT2D eigenvalue weighted by atomic mass is 32.2. The van der Waals surface area contributed by atoms with Gasteiger partial charge in [0.15, 0.2) is 5.16 Å². The van der Waals surface area contributed by atoms with Gasteiger partial charge in [-0.2, -0.15) is 13.2 Å². The SMILES string of the molecule is COc1ccc(-c2cc(C(F)(F)F)nc(SCCC(=O)N[C@H](C)c3ccccc3)n2)cc1. The van der Waals surface area contributed by atoms with Gasteiger partial charge in [0.2, 0.25) is 5.91 Å². The zero-order chi connectivity index (χ0) is 23.1. The van der Waals surface area contributed by atoms with Crippen molar-refractivity contribution in [2.24, 2.45) is 0 Å². The molecule has 0 fully saturated rings. The highest BCUT2D eigenvalue weighted by Crippen LogP contribution is 2.32. The Kier molecular flexibility index (Phi) is 7.74. The predicted molar refractivity (Wildman–Crippen MR) is 117 cm³/mol. The van der Waals surface area contributed by atoms with Crippen LogP contribution in [0.25, 0.3) is 11.3 Å². The number of nitrogens with one attached hydrogen (secondary N) is 1. The lowest BCUT2D eigenvalue weighted by Crippen LogP contribution is -2.26. The highest BCUT2D eigenvalue weighted by molar-refractivity contribution is 7.99. The number of aromatic nitrogens is 2. The molecule has 0 aliphatic rings. The van der Waals surface area contributed by atoms with Gasteiger partial charge in [0.25, 0.3) is 0 Å². The van der Waals surface area contributed by atoms with E-state index in [0.29, 0.717) is 11.3 Å². The van der Waals surface area contributed by atoms with Crippen molar-refractivity contribution in [3.8, 4) is 17.0 Å². The number of carbonyl (C=O) groups is 1. The molecule has 1 heterocycles. The Bertz CT molecular complexity index is 1040. The summed E-state index contributed by atoms with van der Waals surface area (Å²) in [5, 5.41) is 2.85. The number of thioether (sulfide) groups is 1. The van der Waals surface area contributed by atoms with Gasteiger partial charge in [-0.3, -0.25) is 4.79 Å². The Labute approximate surface area is 188 Å². The third-order valence-electron chi connectivity index (χ3n) is 4.62. The Morgan fingerprint density at radius 3 is 2.41 bits per heavy atom. The van der Waals surface area contributed by atoms with Crippen LogP contribution in [0.5, 0.6) is 5.75 Å². The van der Waals surface area contributed by atoms with Gasteiger partial charge >= 0.3 is 6.18 Å². The van der Waals surface area contributed by atoms with Crippen LogP contribution in [0.1, 0.15) is 30.6 Å². The maximum absolute atomic E-state index is 13.4. The lowest BCUT2D eigenvalue weighted by atomic mass is 10.1. The molecule has 32 heavy (non-hydrogen) atoms. The van der Waals surface area contributed by atoms with Crippen LogP contribution in [0.15, 0.2) is 65.8 Å². The van der Waals surface area contributed by atoms with E-state index in [0.717, 1.165) is 23.4 Å². The molecule has 1 N–H and O–H groups in total. The summed E-state index contributed by atoms with van der Waals surface area (Å²) in [6, 6.07) is 16.8. The zero-order valence-electron chi connectivity index (χ0n) is 17.5. The molecule has 0 radical (unpaired) electrons. The van der Waals surface area contributed by atoms with Crippen LogP contribution in [0, 0.1) is 0 Å². The van der Waals surface area contributed by atoms with Crippen molar-refractivity contribution >= 4 is 17.7 Å². The number of methoxy groups -OCH3 is 1. The van der Waals surface area contributed by atoms with Crippen molar-refractivity contribution < 1.29 is 22.7 Å². The van der Waals surface area contributed by atoms with Crippen LogP contribution < -0.4 is 10.1 Å². The predicted octanol–water partition coefficient (Wildman–Crippen LogP) is 5.53. The summed E-state index contributed by atoms with van der Waals surface area (Å²) in [7, 11) is 1.51. The molecule has 0 saturated heterocycles. The number of ether oxygens (including phenoxy) is 1. The molecule has 9 heteroatoms. The lowest BCUT2D eigenvalue weighted by molar-refractivity contribution is -0.141. The fraction of sp³-hybridized carbons (Fsp3) is 0.261. The van der Waals surface area contributed by atoms with Crippen molar-refractivity contribution in [3.63, 3.8) is 0 Å². The first-order valence-electron chi connectivity index (χ1n) is 9.84. The highest BCUT2D eigenvalue weighted by Gasteiger charge is 2.33. The summed E-state index contributed by atoms with van der Waals surface area (Å²) in [5.74, 6) is 0.636. The monoisotopic (exact) mass is 461 g/mol. The Hall–Kier alpha value is -3.07. The van der Waals surface area contributed by atoms with E-state index in [1.54, 1.807) is 24.3 Å². The lowest BCUT2D eigenvalue weighted by Gasteiger charge is -2.14. The summed E-state index contributed by atoms with van der Waals surface area (Å²) in [6.45, 7) is 1.87. The molecule has 1 amide bonds. The molecular formula is C23H22F3N3O2S. The van der Waals surface area contributed by atoms with Crippen LogP contribution in [-0.4, -0.2) is 28.7 Å². The third-order valence-corrected chi connectivity index (χ3v) is 5.47. The van der Waals surface area contributed by atoms with Gasteiger partial charge in [0.1, 0.15) is 11.4 Å². The van der Waals surface area contributed by atoms with Crippen molar-refractivity contribution in [3.05, 3.63) is 71.9 Å². The summed E-state index contributed by atoms with van der Waals surface area (Å²) in [5.41, 5.74) is 0.608. The van der Waals surface area contributed by atoms with Crippen LogP contribution in [-0.2, 0) is 11.0 Å². The first kappa shape index (κ1) is 23.6. The van der Waals surface area contributed by atoms with Gasteiger partial charge in [0, 0.05) is 17.7 Å². The molecule has 2 aromatic carbocycles. The fourth-order valence-electron chi connectivity index (χ4n) is 2.92. The molecule has 0 aliphatic carbocycles. The van der Waals surface area contributed by atoms with Crippen molar-refractivity contribution in [1.82, 2.24) is 15.3 Å². The number of nitrogens with zero attached hydrogens (tertiary/aromatic N) is 2. The fourth-order valence-corrected chi connectivity index (χ4v) is 3.71. The second kappa shape index (κ2) is 10.5. The molecular weight excluding hydrogens is 439 g/mol. The van der Waals surface area contributed by atoms with E-state index < -0.39 is 11.9 Å². The van der Waals surface area contributed by atoms with Crippen molar-refractivity contribution in [2.75, 3.05) is 12.9 Å². The smallest absolute Gasteiger partial charge is 0.433 e. The number of halogens is 3. The summed E-state index contributed by atoms with van der Waals surface area (Å²) < 4.78 is 45.1.